The standard InChI is InChI=1S/C10H19N3O3S/c1-16-5-3-2-4-13-17(14,15)10-6-9(7-11)12-8-10/h6,8,12-13H,2-5,7,11H2,1H3. The van der Waals surface area contributed by atoms with Crippen LogP contribution in [0.4, 0.5) is 0 Å². The first-order valence-electron chi connectivity index (χ1n) is 5.46. The van der Waals surface area contributed by atoms with Gasteiger partial charge in [0.15, 0.2) is 0 Å². The lowest BCUT2D eigenvalue weighted by molar-refractivity contribution is 0.193. The number of aromatic nitrogens is 1. The van der Waals surface area contributed by atoms with Crippen molar-refractivity contribution in [2.45, 2.75) is 24.3 Å². The molecular formula is C10H19N3O3S. The Morgan fingerprint density at radius 3 is 2.82 bits per heavy atom. The number of hydrogen-bond acceptors (Lipinski definition) is 4. The molecule has 0 amide bonds. The molecule has 98 valence electrons. The summed E-state index contributed by atoms with van der Waals surface area (Å²) in [6.07, 6.45) is 3.03. The number of nitrogens with two attached hydrogens (primary N) is 1. The van der Waals surface area contributed by atoms with Gasteiger partial charge in [-0.25, -0.2) is 13.1 Å². The molecule has 0 bridgehead atoms. The average molecular weight is 261 g/mol. The van der Waals surface area contributed by atoms with E-state index in [1.165, 1.54) is 12.3 Å². The first-order valence-corrected chi connectivity index (χ1v) is 6.94. The number of hydrogen-bond donors (Lipinski definition) is 3. The second-order valence-electron chi connectivity index (χ2n) is 3.66. The fourth-order valence-electron chi connectivity index (χ4n) is 1.35. The molecule has 6 nitrogen and oxygen atoms in total. The number of ether oxygens (including phenoxy) is 1. The lowest BCUT2D eigenvalue weighted by Gasteiger charge is -2.04. The Morgan fingerprint density at radius 1 is 1.47 bits per heavy atom. The molecule has 1 rings (SSSR count). The van der Waals surface area contributed by atoms with Gasteiger partial charge in [-0.3, -0.25) is 0 Å². The van der Waals surface area contributed by atoms with E-state index in [2.05, 4.69) is 9.71 Å². The van der Waals surface area contributed by atoms with Crippen LogP contribution in [0.15, 0.2) is 17.2 Å². The normalized spacial score (nSPS) is 11.9. The molecular weight excluding hydrogens is 242 g/mol. The topological polar surface area (TPSA) is 97.2 Å². The lowest BCUT2D eigenvalue weighted by atomic mass is 10.3. The molecule has 7 heteroatoms. The molecule has 0 radical (unpaired) electrons. The third-order valence-corrected chi connectivity index (χ3v) is 3.75. The molecule has 0 unspecified atom stereocenters. The molecule has 0 aromatic carbocycles. The van der Waals surface area contributed by atoms with Gasteiger partial charge in [0.05, 0.1) is 4.90 Å². The Labute approximate surface area is 102 Å². The largest absolute Gasteiger partial charge is 0.385 e. The van der Waals surface area contributed by atoms with Crippen LogP contribution in [0.1, 0.15) is 18.5 Å². The lowest BCUT2D eigenvalue weighted by Crippen LogP contribution is -2.24. The maximum Gasteiger partial charge on any atom is 0.242 e. The zero-order valence-electron chi connectivity index (χ0n) is 9.90. The number of aromatic amines is 1. The molecule has 0 saturated carbocycles. The van der Waals surface area contributed by atoms with Crippen molar-refractivity contribution in [2.24, 2.45) is 5.73 Å². The minimum atomic E-state index is -3.41. The summed E-state index contributed by atoms with van der Waals surface area (Å²) < 4.78 is 31.0. The summed E-state index contributed by atoms with van der Waals surface area (Å²) in [5.74, 6) is 0. The number of nitrogens with one attached hydrogen (secondary N) is 2. The minimum absolute atomic E-state index is 0.227. The van der Waals surface area contributed by atoms with Crippen molar-refractivity contribution in [2.75, 3.05) is 20.3 Å². The van der Waals surface area contributed by atoms with E-state index < -0.39 is 10.0 Å². The van der Waals surface area contributed by atoms with Crippen molar-refractivity contribution in [1.29, 1.82) is 0 Å². The van der Waals surface area contributed by atoms with Gasteiger partial charge in [-0.05, 0) is 18.9 Å². The molecule has 0 aliphatic carbocycles. The predicted molar refractivity (Wildman–Crippen MR) is 65.0 cm³/mol. The van der Waals surface area contributed by atoms with Crippen molar-refractivity contribution < 1.29 is 13.2 Å². The number of methoxy groups -OCH3 is 1. The van der Waals surface area contributed by atoms with Crippen molar-refractivity contribution in [3.05, 3.63) is 18.0 Å². The van der Waals surface area contributed by atoms with Gasteiger partial charge in [-0.2, -0.15) is 0 Å². The summed E-state index contributed by atoms with van der Waals surface area (Å²) in [6, 6.07) is 1.54. The second-order valence-corrected chi connectivity index (χ2v) is 5.43. The number of sulfonamides is 1. The third kappa shape index (κ3) is 4.47. The van der Waals surface area contributed by atoms with E-state index in [1.54, 1.807) is 7.11 Å². The van der Waals surface area contributed by atoms with Gasteiger partial charge in [0.25, 0.3) is 0 Å². The van der Waals surface area contributed by atoms with Crippen LogP contribution in [-0.2, 0) is 21.3 Å². The molecule has 0 spiro atoms. The van der Waals surface area contributed by atoms with Gasteiger partial charge in [0.2, 0.25) is 10.0 Å². The molecule has 0 aliphatic heterocycles. The molecule has 0 saturated heterocycles. The average Bonchev–Trinajstić information content (AvgIpc) is 2.78. The van der Waals surface area contributed by atoms with E-state index in [-0.39, 0.29) is 4.90 Å². The van der Waals surface area contributed by atoms with Crippen molar-refractivity contribution in [3.8, 4) is 0 Å². The van der Waals surface area contributed by atoms with E-state index in [1.807, 2.05) is 0 Å². The fraction of sp³-hybridized carbons (Fsp3) is 0.600. The van der Waals surface area contributed by atoms with Crippen molar-refractivity contribution in [3.63, 3.8) is 0 Å². The highest BCUT2D eigenvalue weighted by atomic mass is 32.2. The van der Waals surface area contributed by atoms with Crippen LogP contribution in [0.5, 0.6) is 0 Å². The Hall–Kier alpha value is -0.890. The Balaban J connectivity index is 2.45. The molecule has 0 aliphatic rings. The van der Waals surface area contributed by atoms with Crippen molar-refractivity contribution in [1.82, 2.24) is 9.71 Å². The molecule has 4 N–H and O–H groups in total. The quantitative estimate of drug-likeness (QED) is 0.581. The number of unbranched alkanes of at least 4 members (excludes halogenated alkanes) is 1. The van der Waals surface area contributed by atoms with Gasteiger partial charge >= 0.3 is 0 Å². The summed E-state index contributed by atoms with van der Waals surface area (Å²) in [5.41, 5.74) is 6.10. The third-order valence-electron chi connectivity index (χ3n) is 2.31. The molecule has 1 heterocycles. The summed E-state index contributed by atoms with van der Waals surface area (Å²) in [4.78, 5) is 3.03. The van der Waals surface area contributed by atoms with E-state index in [9.17, 15) is 8.42 Å². The highest BCUT2D eigenvalue weighted by Crippen LogP contribution is 2.09. The monoisotopic (exact) mass is 261 g/mol. The Kier molecular flexibility index (Phi) is 5.63. The summed E-state index contributed by atoms with van der Waals surface area (Å²) in [7, 11) is -1.79. The van der Waals surface area contributed by atoms with Gasteiger partial charge in [0, 0.05) is 38.7 Å². The molecule has 1 aromatic heterocycles. The first kappa shape index (κ1) is 14.2. The van der Waals surface area contributed by atoms with Crippen LogP contribution >= 0.6 is 0 Å². The fourth-order valence-corrected chi connectivity index (χ4v) is 2.44. The highest BCUT2D eigenvalue weighted by Gasteiger charge is 2.14. The summed E-state index contributed by atoms with van der Waals surface area (Å²) in [5, 5.41) is 0. The van der Waals surface area contributed by atoms with Crippen molar-refractivity contribution >= 4 is 10.0 Å². The smallest absolute Gasteiger partial charge is 0.242 e. The van der Waals surface area contributed by atoms with E-state index in [0.29, 0.717) is 25.4 Å². The molecule has 0 atom stereocenters. The van der Waals surface area contributed by atoms with Gasteiger partial charge < -0.3 is 15.5 Å². The Morgan fingerprint density at radius 2 is 2.24 bits per heavy atom. The van der Waals surface area contributed by atoms with E-state index in [4.69, 9.17) is 10.5 Å². The predicted octanol–water partition coefficient (Wildman–Crippen LogP) is 0.178. The van der Waals surface area contributed by atoms with Crippen LogP contribution < -0.4 is 10.5 Å². The van der Waals surface area contributed by atoms with E-state index >= 15 is 0 Å². The SMILES string of the molecule is COCCCCNS(=O)(=O)c1c[nH]c(CN)c1. The highest BCUT2D eigenvalue weighted by molar-refractivity contribution is 7.89. The molecule has 17 heavy (non-hydrogen) atoms. The minimum Gasteiger partial charge on any atom is -0.385 e. The van der Waals surface area contributed by atoms with Crippen LogP contribution in [0.2, 0.25) is 0 Å². The number of H-pyrrole nitrogens is 1. The summed E-state index contributed by atoms with van der Waals surface area (Å²) >= 11 is 0. The van der Waals surface area contributed by atoms with Crippen LogP contribution in [-0.4, -0.2) is 33.7 Å². The molecule has 0 fully saturated rings. The second kappa shape index (κ2) is 6.75. The Bertz CT molecular complexity index is 428. The first-order chi connectivity index (χ1) is 8.10. The summed E-state index contributed by atoms with van der Waals surface area (Å²) in [6.45, 7) is 1.35. The van der Waals surface area contributed by atoms with Crippen LogP contribution in [0, 0.1) is 0 Å². The van der Waals surface area contributed by atoms with Gasteiger partial charge in [-0.15, -0.1) is 0 Å². The van der Waals surface area contributed by atoms with Crippen LogP contribution in [0.3, 0.4) is 0 Å². The maximum absolute atomic E-state index is 11.8. The van der Waals surface area contributed by atoms with Gasteiger partial charge in [0.1, 0.15) is 0 Å². The number of rotatable bonds is 8. The van der Waals surface area contributed by atoms with E-state index in [0.717, 1.165) is 12.8 Å². The van der Waals surface area contributed by atoms with Crippen LogP contribution in [0.25, 0.3) is 0 Å². The molecule has 1 aromatic rings. The zero-order chi connectivity index (χ0) is 12.7. The maximum atomic E-state index is 11.8. The zero-order valence-corrected chi connectivity index (χ0v) is 10.7. The van der Waals surface area contributed by atoms with Gasteiger partial charge in [-0.1, -0.05) is 0 Å².